The first-order chi connectivity index (χ1) is 10.8. The van der Waals surface area contributed by atoms with Crippen molar-refractivity contribution in [2.45, 2.75) is 13.3 Å². The van der Waals surface area contributed by atoms with Crippen molar-refractivity contribution < 1.29 is 4.74 Å². The third kappa shape index (κ3) is 3.04. The van der Waals surface area contributed by atoms with Gasteiger partial charge in [-0.1, -0.05) is 72.3 Å². The molecule has 0 aromatic heterocycles. The van der Waals surface area contributed by atoms with E-state index in [0.29, 0.717) is 0 Å². The van der Waals surface area contributed by atoms with Gasteiger partial charge in [0, 0.05) is 5.56 Å². The van der Waals surface area contributed by atoms with Crippen molar-refractivity contribution in [2.75, 3.05) is 7.11 Å². The Labute approximate surface area is 132 Å². The van der Waals surface area contributed by atoms with Gasteiger partial charge in [-0.05, 0) is 36.1 Å². The Hall–Kier alpha value is -2.54. The van der Waals surface area contributed by atoms with Crippen LogP contribution in [0.5, 0.6) is 5.75 Å². The van der Waals surface area contributed by atoms with E-state index in [1.165, 1.54) is 22.3 Å². The molecule has 0 radical (unpaired) electrons. The topological polar surface area (TPSA) is 9.23 Å². The lowest BCUT2D eigenvalue weighted by atomic mass is 9.94. The van der Waals surface area contributed by atoms with Gasteiger partial charge in [-0.2, -0.15) is 0 Å². The monoisotopic (exact) mass is 288 g/mol. The van der Waals surface area contributed by atoms with Crippen molar-refractivity contribution in [3.05, 3.63) is 89.5 Å². The Morgan fingerprint density at radius 3 is 2.09 bits per heavy atom. The zero-order valence-electron chi connectivity index (χ0n) is 13.0. The molecule has 0 saturated heterocycles. The third-order valence-corrected chi connectivity index (χ3v) is 3.93. The summed E-state index contributed by atoms with van der Waals surface area (Å²) in [6.07, 6.45) is 0.925. The number of methoxy groups -OCH3 is 1. The molecule has 0 amide bonds. The van der Waals surface area contributed by atoms with Crippen LogP contribution in [0.4, 0.5) is 0 Å². The van der Waals surface area contributed by atoms with Gasteiger partial charge in [0.05, 0.1) is 7.11 Å². The summed E-state index contributed by atoms with van der Waals surface area (Å²) in [5.74, 6) is 0.916. The molecule has 3 rings (SSSR count). The summed E-state index contributed by atoms with van der Waals surface area (Å²) in [4.78, 5) is 0. The predicted molar refractivity (Wildman–Crippen MR) is 92.4 cm³/mol. The summed E-state index contributed by atoms with van der Waals surface area (Å²) in [5, 5.41) is 0. The van der Waals surface area contributed by atoms with Crippen LogP contribution in [0.3, 0.4) is 0 Å². The second-order valence-corrected chi connectivity index (χ2v) is 5.52. The average Bonchev–Trinajstić information content (AvgIpc) is 2.57. The van der Waals surface area contributed by atoms with Crippen molar-refractivity contribution in [2.24, 2.45) is 0 Å². The maximum atomic E-state index is 5.52. The molecular formula is C21H20O. The van der Waals surface area contributed by atoms with Gasteiger partial charge in [0.1, 0.15) is 5.75 Å². The zero-order chi connectivity index (χ0) is 15.4. The van der Waals surface area contributed by atoms with Crippen LogP contribution in [0.25, 0.3) is 11.1 Å². The van der Waals surface area contributed by atoms with E-state index < -0.39 is 0 Å². The molecule has 0 N–H and O–H groups in total. The molecule has 3 aromatic rings. The van der Waals surface area contributed by atoms with Gasteiger partial charge in [0.15, 0.2) is 0 Å². The van der Waals surface area contributed by atoms with Crippen LogP contribution in [-0.4, -0.2) is 7.11 Å². The minimum absolute atomic E-state index is 0.916. The Morgan fingerprint density at radius 1 is 0.727 bits per heavy atom. The summed E-state index contributed by atoms with van der Waals surface area (Å²) in [6.45, 7) is 2.12. The number of para-hydroxylation sites is 1. The van der Waals surface area contributed by atoms with Gasteiger partial charge in [0.2, 0.25) is 0 Å². The lowest BCUT2D eigenvalue weighted by Gasteiger charge is -2.13. The molecule has 3 aromatic carbocycles. The Balaban J connectivity index is 2.01. The van der Waals surface area contributed by atoms with Crippen molar-refractivity contribution in [3.8, 4) is 16.9 Å². The quantitative estimate of drug-likeness (QED) is 0.636. The van der Waals surface area contributed by atoms with Crippen molar-refractivity contribution in [1.29, 1.82) is 0 Å². The fourth-order valence-corrected chi connectivity index (χ4v) is 2.73. The molecule has 0 saturated carbocycles. The molecule has 0 bridgehead atoms. The van der Waals surface area contributed by atoms with Gasteiger partial charge in [-0.15, -0.1) is 0 Å². The van der Waals surface area contributed by atoms with Crippen LogP contribution >= 0.6 is 0 Å². The zero-order valence-corrected chi connectivity index (χ0v) is 13.0. The highest BCUT2D eigenvalue weighted by Gasteiger charge is 2.09. The number of benzene rings is 3. The first-order valence-electron chi connectivity index (χ1n) is 7.55. The molecule has 1 heteroatoms. The van der Waals surface area contributed by atoms with E-state index in [4.69, 9.17) is 4.74 Å². The molecule has 0 atom stereocenters. The smallest absolute Gasteiger partial charge is 0.126 e. The van der Waals surface area contributed by atoms with E-state index in [1.54, 1.807) is 7.11 Å². The van der Waals surface area contributed by atoms with Crippen LogP contribution in [0.2, 0.25) is 0 Å². The van der Waals surface area contributed by atoms with E-state index in [2.05, 4.69) is 67.6 Å². The first kappa shape index (κ1) is 14.4. The van der Waals surface area contributed by atoms with Gasteiger partial charge in [-0.3, -0.25) is 0 Å². The van der Waals surface area contributed by atoms with Gasteiger partial charge < -0.3 is 4.74 Å². The Kier molecular flexibility index (Phi) is 4.24. The molecule has 0 aliphatic carbocycles. The number of ether oxygens (including phenoxy) is 1. The summed E-state index contributed by atoms with van der Waals surface area (Å²) in [6, 6.07) is 25.5. The number of aryl methyl sites for hydroxylation is 1. The van der Waals surface area contributed by atoms with Gasteiger partial charge in [-0.25, -0.2) is 0 Å². The number of hydrogen-bond acceptors (Lipinski definition) is 1. The molecule has 0 unspecified atom stereocenters. The van der Waals surface area contributed by atoms with E-state index in [9.17, 15) is 0 Å². The number of rotatable bonds is 4. The van der Waals surface area contributed by atoms with E-state index >= 15 is 0 Å². The summed E-state index contributed by atoms with van der Waals surface area (Å²) >= 11 is 0. The summed E-state index contributed by atoms with van der Waals surface area (Å²) < 4.78 is 5.52. The van der Waals surface area contributed by atoms with Crippen LogP contribution in [-0.2, 0) is 6.42 Å². The fraction of sp³-hybridized carbons (Fsp3) is 0.143. The maximum Gasteiger partial charge on any atom is 0.126 e. The van der Waals surface area contributed by atoms with Gasteiger partial charge >= 0.3 is 0 Å². The largest absolute Gasteiger partial charge is 0.496 e. The maximum absolute atomic E-state index is 5.52. The SMILES string of the molecule is COc1ccccc1-c1ccccc1Cc1ccc(C)cc1. The van der Waals surface area contributed by atoms with Crippen LogP contribution in [0.1, 0.15) is 16.7 Å². The van der Waals surface area contributed by atoms with Crippen molar-refractivity contribution >= 4 is 0 Å². The average molecular weight is 288 g/mol. The van der Waals surface area contributed by atoms with Crippen LogP contribution < -0.4 is 4.74 Å². The van der Waals surface area contributed by atoms with Crippen LogP contribution in [0, 0.1) is 6.92 Å². The lowest BCUT2D eigenvalue weighted by molar-refractivity contribution is 0.416. The van der Waals surface area contributed by atoms with Gasteiger partial charge in [0.25, 0.3) is 0 Å². The first-order valence-corrected chi connectivity index (χ1v) is 7.55. The molecule has 0 aliphatic rings. The second-order valence-electron chi connectivity index (χ2n) is 5.52. The molecule has 1 nitrogen and oxygen atoms in total. The Bertz CT molecular complexity index is 757. The lowest BCUT2D eigenvalue weighted by Crippen LogP contribution is -1.94. The highest BCUT2D eigenvalue weighted by atomic mass is 16.5. The molecular weight excluding hydrogens is 268 g/mol. The second kappa shape index (κ2) is 6.48. The van der Waals surface area contributed by atoms with E-state index in [0.717, 1.165) is 17.7 Å². The fourth-order valence-electron chi connectivity index (χ4n) is 2.73. The van der Waals surface area contributed by atoms with E-state index in [-0.39, 0.29) is 0 Å². The highest BCUT2D eigenvalue weighted by Crippen LogP contribution is 2.33. The summed E-state index contributed by atoms with van der Waals surface area (Å²) in [7, 11) is 1.72. The number of hydrogen-bond donors (Lipinski definition) is 0. The molecule has 22 heavy (non-hydrogen) atoms. The standard InChI is InChI=1S/C21H20O/c1-16-11-13-17(14-12-16)15-18-7-3-4-8-19(18)20-9-5-6-10-21(20)22-2/h3-14H,15H2,1-2H3. The molecule has 0 fully saturated rings. The normalized spacial score (nSPS) is 10.5. The molecule has 0 heterocycles. The molecule has 0 spiro atoms. The molecule has 0 aliphatic heterocycles. The van der Waals surface area contributed by atoms with E-state index in [1.807, 2.05) is 12.1 Å². The van der Waals surface area contributed by atoms with Crippen molar-refractivity contribution in [3.63, 3.8) is 0 Å². The van der Waals surface area contributed by atoms with Crippen molar-refractivity contribution in [1.82, 2.24) is 0 Å². The van der Waals surface area contributed by atoms with Crippen LogP contribution in [0.15, 0.2) is 72.8 Å². The third-order valence-electron chi connectivity index (χ3n) is 3.93. The predicted octanol–water partition coefficient (Wildman–Crippen LogP) is 5.26. The Morgan fingerprint density at radius 2 is 1.36 bits per heavy atom. The highest BCUT2D eigenvalue weighted by molar-refractivity contribution is 5.73. The summed E-state index contributed by atoms with van der Waals surface area (Å²) in [5.41, 5.74) is 6.32. The minimum Gasteiger partial charge on any atom is -0.496 e. The molecule has 110 valence electrons. The minimum atomic E-state index is 0.916.